The lowest BCUT2D eigenvalue weighted by Gasteiger charge is -2.31. The second kappa shape index (κ2) is 6.24. The fourth-order valence-corrected chi connectivity index (χ4v) is 2.80. The lowest BCUT2D eigenvalue weighted by atomic mass is 10.0. The van der Waals surface area contributed by atoms with Crippen LogP contribution in [0.4, 0.5) is 13.2 Å². The summed E-state index contributed by atoms with van der Waals surface area (Å²) >= 11 is 0. The number of likely N-dealkylation sites (tertiary alicyclic amines) is 1. The van der Waals surface area contributed by atoms with Crippen LogP contribution >= 0.6 is 0 Å². The van der Waals surface area contributed by atoms with E-state index in [1.165, 1.54) is 6.20 Å². The number of nitrogens with one attached hydrogen (secondary N) is 1. The van der Waals surface area contributed by atoms with Gasteiger partial charge in [0.1, 0.15) is 0 Å². The summed E-state index contributed by atoms with van der Waals surface area (Å²) in [6.45, 7) is 6.16. The number of pyridine rings is 1. The highest BCUT2D eigenvalue weighted by atomic mass is 19.4. The van der Waals surface area contributed by atoms with Crippen LogP contribution in [0.15, 0.2) is 18.5 Å². The third-order valence-corrected chi connectivity index (χ3v) is 4.11. The summed E-state index contributed by atoms with van der Waals surface area (Å²) in [6, 6.07) is 1.10. The Kier molecular flexibility index (Phi) is 4.75. The number of nitrogens with zero attached hydrogens (tertiary/aromatic N) is 2. The molecule has 7 heteroatoms. The minimum absolute atomic E-state index is 0.0819. The predicted molar refractivity (Wildman–Crippen MR) is 76.5 cm³/mol. The molecule has 1 N–H and O–H groups in total. The van der Waals surface area contributed by atoms with Crippen LogP contribution in [0.1, 0.15) is 42.6 Å². The molecule has 0 radical (unpaired) electrons. The average molecular weight is 315 g/mol. The molecule has 122 valence electrons. The first-order valence-electron chi connectivity index (χ1n) is 7.26. The van der Waals surface area contributed by atoms with Crippen LogP contribution in [0.2, 0.25) is 0 Å². The zero-order valence-corrected chi connectivity index (χ0v) is 12.7. The molecule has 0 aliphatic carbocycles. The summed E-state index contributed by atoms with van der Waals surface area (Å²) in [7, 11) is 0. The summed E-state index contributed by atoms with van der Waals surface area (Å²) in [6.07, 6.45) is -0.531. The molecule has 4 nitrogen and oxygen atoms in total. The van der Waals surface area contributed by atoms with E-state index in [2.05, 4.69) is 29.0 Å². The summed E-state index contributed by atoms with van der Waals surface area (Å²) in [4.78, 5) is 17.7. The molecule has 0 aromatic carbocycles. The van der Waals surface area contributed by atoms with Crippen LogP contribution in [0.3, 0.4) is 0 Å². The molecule has 0 spiro atoms. The van der Waals surface area contributed by atoms with Crippen molar-refractivity contribution in [3.05, 3.63) is 29.6 Å². The second-order valence-corrected chi connectivity index (χ2v) is 6.08. The Balaban J connectivity index is 1.96. The third kappa shape index (κ3) is 3.76. The van der Waals surface area contributed by atoms with Crippen molar-refractivity contribution in [2.24, 2.45) is 0 Å². The molecule has 0 bridgehead atoms. The zero-order chi connectivity index (χ0) is 16.4. The normalized spacial score (nSPS) is 18.4. The Labute approximate surface area is 127 Å². The summed E-state index contributed by atoms with van der Waals surface area (Å²) in [5.74, 6) is -0.716. The lowest BCUT2D eigenvalue weighted by molar-refractivity contribution is -0.138. The largest absolute Gasteiger partial charge is 0.418 e. The van der Waals surface area contributed by atoms with Gasteiger partial charge in [0.15, 0.2) is 0 Å². The van der Waals surface area contributed by atoms with Gasteiger partial charge in [-0.1, -0.05) is 0 Å². The Hall–Kier alpha value is -1.63. The molecule has 1 aromatic heterocycles. The third-order valence-electron chi connectivity index (χ3n) is 4.11. The molecule has 2 heterocycles. The van der Waals surface area contributed by atoms with Crippen LogP contribution in [-0.2, 0) is 6.18 Å². The van der Waals surface area contributed by atoms with E-state index in [0.717, 1.165) is 25.5 Å². The molecule has 0 unspecified atom stereocenters. The first-order chi connectivity index (χ1) is 10.2. The van der Waals surface area contributed by atoms with Crippen molar-refractivity contribution >= 4 is 5.91 Å². The molecule has 1 aromatic rings. The quantitative estimate of drug-likeness (QED) is 0.929. The van der Waals surface area contributed by atoms with Crippen molar-refractivity contribution in [3.63, 3.8) is 0 Å². The molecule has 1 aliphatic rings. The average Bonchev–Trinajstić information content (AvgIpc) is 2.77. The molecule has 22 heavy (non-hydrogen) atoms. The summed E-state index contributed by atoms with van der Waals surface area (Å²) in [5, 5.41) is 2.57. The van der Waals surface area contributed by atoms with Crippen LogP contribution in [0, 0.1) is 0 Å². The fourth-order valence-electron chi connectivity index (χ4n) is 2.80. The van der Waals surface area contributed by atoms with Gasteiger partial charge in [-0.05, 0) is 39.3 Å². The number of amides is 1. The van der Waals surface area contributed by atoms with Gasteiger partial charge in [0, 0.05) is 31.0 Å². The number of hydrogen-bond acceptors (Lipinski definition) is 3. The highest BCUT2D eigenvalue weighted by Crippen LogP contribution is 2.31. The molecule has 1 saturated heterocycles. The number of carbonyl (C=O) groups is 1. The maximum absolute atomic E-state index is 12.8. The van der Waals surface area contributed by atoms with Crippen LogP contribution < -0.4 is 5.32 Å². The van der Waals surface area contributed by atoms with Gasteiger partial charge in [0.25, 0.3) is 5.91 Å². The molecule has 2 rings (SSSR count). The minimum Gasteiger partial charge on any atom is -0.351 e. The Morgan fingerprint density at radius 3 is 2.77 bits per heavy atom. The first kappa shape index (κ1) is 16.7. The van der Waals surface area contributed by atoms with Crippen LogP contribution in [-0.4, -0.2) is 41.0 Å². The van der Waals surface area contributed by atoms with Gasteiger partial charge in [-0.3, -0.25) is 14.7 Å². The minimum atomic E-state index is -4.59. The summed E-state index contributed by atoms with van der Waals surface area (Å²) < 4.78 is 38.5. The van der Waals surface area contributed by atoms with Crippen molar-refractivity contribution in [1.82, 2.24) is 15.2 Å². The van der Waals surface area contributed by atoms with Gasteiger partial charge >= 0.3 is 6.18 Å². The van der Waals surface area contributed by atoms with E-state index in [1.807, 2.05) is 0 Å². The summed E-state index contributed by atoms with van der Waals surface area (Å²) in [5.41, 5.74) is -1.31. The topological polar surface area (TPSA) is 45.2 Å². The van der Waals surface area contributed by atoms with E-state index in [0.29, 0.717) is 19.3 Å². The van der Waals surface area contributed by atoms with E-state index in [-0.39, 0.29) is 11.1 Å². The maximum Gasteiger partial charge on any atom is 0.418 e. The highest BCUT2D eigenvalue weighted by molar-refractivity contribution is 5.95. The van der Waals surface area contributed by atoms with Gasteiger partial charge in [0.2, 0.25) is 0 Å². The number of hydrogen-bond donors (Lipinski definition) is 1. The van der Waals surface area contributed by atoms with Crippen molar-refractivity contribution in [2.75, 3.05) is 19.6 Å². The molecule has 1 fully saturated rings. The number of rotatable bonds is 4. The van der Waals surface area contributed by atoms with Gasteiger partial charge in [-0.2, -0.15) is 13.2 Å². The van der Waals surface area contributed by atoms with E-state index in [1.54, 1.807) is 0 Å². The van der Waals surface area contributed by atoms with Crippen LogP contribution in [0.25, 0.3) is 0 Å². The molecule has 1 aliphatic heterocycles. The number of carbonyl (C=O) groups excluding carboxylic acids is 1. The number of halogens is 3. The first-order valence-corrected chi connectivity index (χ1v) is 7.26. The molecule has 0 atom stereocenters. The Morgan fingerprint density at radius 1 is 1.45 bits per heavy atom. The lowest BCUT2D eigenvalue weighted by Crippen LogP contribution is -2.43. The van der Waals surface area contributed by atoms with Gasteiger partial charge in [-0.25, -0.2) is 0 Å². The van der Waals surface area contributed by atoms with Gasteiger partial charge in [-0.15, -0.1) is 0 Å². The fraction of sp³-hybridized carbons (Fsp3) is 0.600. The number of aromatic nitrogens is 1. The second-order valence-electron chi connectivity index (χ2n) is 6.08. The molecule has 0 saturated carbocycles. The molecular formula is C15H20F3N3O. The maximum atomic E-state index is 12.8. The van der Waals surface area contributed by atoms with Crippen LogP contribution in [0.5, 0.6) is 0 Å². The standard InChI is InChI=1S/C15H20F3N3O/c1-14(2)5-3-8-21(14)9-7-20-13(22)11-4-6-19-10-12(11)15(16,17)18/h4,6,10H,3,5,7-9H2,1-2H3,(H,20,22). The smallest absolute Gasteiger partial charge is 0.351 e. The van der Waals surface area contributed by atoms with Gasteiger partial charge < -0.3 is 5.32 Å². The van der Waals surface area contributed by atoms with E-state index >= 15 is 0 Å². The van der Waals surface area contributed by atoms with Crippen molar-refractivity contribution < 1.29 is 18.0 Å². The van der Waals surface area contributed by atoms with Crippen molar-refractivity contribution in [3.8, 4) is 0 Å². The zero-order valence-electron chi connectivity index (χ0n) is 12.7. The molecule has 1 amide bonds. The highest BCUT2D eigenvalue weighted by Gasteiger charge is 2.35. The van der Waals surface area contributed by atoms with Gasteiger partial charge in [0.05, 0.1) is 11.1 Å². The van der Waals surface area contributed by atoms with Crippen molar-refractivity contribution in [2.45, 2.75) is 38.4 Å². The predicted octanol–water partition coefficient (Wildman–Crippen LogP) is 2.70. The van der Waals surface area contributed by atoms with E-state index in [4.69, 9.17) is 0 Å². The number of alkyl halides is 3. The van der Waals surface area contributed by atoms with E-state index < -0.39 is 17.6 Å². The van der Waals surface area contributed by atoms with E-state index in [9.17, 15) is 18.0 Å². The Bertz CT molecular complexity index is 543. The Morgan fingerprint density at radius 2 is 2.18 bits per heavy atom. The SMILES string of the molecule is CC1(C)CCCN1CCNC(=O)c1ccncc1C(F)(F)F. The van der Waals surface area contributed by atoms with Crippen molar-refractivity contribution in [1.29, 1.82) is 0 Å². The molecular weight excluding hydrogens is 295 g/mol. The monoisotopic (exact) mass is 315 g/mol.